The van der Waals surface area contributed by atoms with Gasteiger partial charge in [-0.05, 0) is 17.7 Å². The average Bonchev–Trinajstić information content (AvgIpc) is 2.26. The molecule has 88 valence electrons. The van der Waals surface area contributed by atoms with Crippen molar-refractivity contribution in [1.29, 1.82) is 0 Å². The second-order valence-corrected chi connectivity index (χ2v) is 3.19. The maximum absolute atomic E-state index is 12.7. The number of carboxylic acids is 1. The second kappa shape index (κ2) is 5.34. The molecule has 0 saturated carbocycles. The van der Waals surface area contributed by atoms with Gasteiger partial charge in [-0.15, -0.1) is 0 Å². The number of rotatable bonds is 5. The van der Waals surface area contributed by atoms with E-state index in [2.05, 4.69) is 0 Å². The number of alkyl halides is 1. The van der Waals surface area contributed by atoms with E-state index in [9.17, 15) is 9.18 Å². The summed E-state index contributed by atoms with van der Waals surface area (Å²) in [6, 6.07) is 3.00. The first kappa shape index (κ1) is 12.3. The van der Waals surface area contributed by atoms with Crippen LogP contribution in [-0.2, 0) is 17.9 Å². The van der Waals surface area contributed by atoms with Gasteiger partial charge in [0.25, 0.3) is 0 Å². The van der Waals surface area contributed by atoms with E-state index >= 15 is 0 Å². The minimum atomic E-state index is -0.975. The fraction of sp³-hybridized carbons (Fsp3) is 0.364. The topological polar surface area (TPSA) is 55.8 Å². The standard InChI is InChI=1S/C11H13FO4/c1-15-9-4-7(5-10(13)14)3-8(6-12)11(9)16-2/h3-4H,5-6H2,1-2H3,(H,13,14). The first-order chi connectivity index (χ1) is 7.62. The van der Waals surface area contributed by atoms with Crippen LogP contribution in [0.2, 0.25) is 0 Å². The molecule has 0 heterocycles. The van der Waals surface area contributed by atoms with Gasteiger partial charge in [-0.25, -0.2) is 4.39 Å². The number of benzene rings is 1. The maximum Gasteiger partial charge on any atom is 0.307 e. The van der Waals surface area contributed by atoms with Gasteiger partial charge in [0, 0.05) is 5.56 Å². The average molecular weight is 228 g/mol. The Labute approximate surface area is 92.6 Å². The molecule has 1 N–H and O–H groups in total. The Hall–Kier alpha value is -1.78. The molecule has 0 unspecified atom stereocenters. The Balaban J connectivity index is 3.20. The van der Waals surface area contributed by atoms with Crippen molar-refractivity contribution in [3.8, 4) is 11.5 Å². The summed E-state index contributed by atoms with van der Waals surface area (Å²) in [6.07, 6.45) is -0.173. The van der Waals surface area contributed by atoms with Crippen LogP contribution in [0.5, 0.6) is 11.5 Å². The first-order valence-corrected chi connectivity index (χ1v) is 4.64. The van der Waals surface area contributed by atoms with Gasteiger partial charge in [0.05, 0.1) is 20.6 Å². The molecular formula is C11H13FO4. The molecule has 0 aliphatic heterocycles. The Morgan fingerprint density at radius 3 is 2.50 bits per heavy atom. The van der Waals surface area contributed by atoms with Crippen LogP contribution in [0.4, 0.5) is 4.39 Å². The first-order valence-electron chi connectivity index (χ1n) is 4.64. The van der Waals surface area contributed by atoms with Gasteiger partial charge in [0.2, 0.25) is 0 Å². The summed E-state index contributed by atoms with van der Waals surface area (Å²) < 4.78 is 22.7. The van der Waals surface area contributed by atoms with E-state index in [0.29, 0.717) is 17.1 Å². The third-order valence-electron chi connectivity index (χ3n) is 2.11. The van der Waals surface area contributed by atoms with Gasteiger partial charge in [-0.1, -0.05) is 0 Å². The zero-order valence-electron chi connectivity index (χ0n) is 9.12. The number of ether oxygens (including phenoxy) is 2. The number of methoxy groups -OCH3 is 2. The molecule has 5 heteroatoms. The van der Waals surface area contributed by atoms with Crippen LogP contribution in [-0.4, -0.2) is 25.3 Å². The SMILES string of the molecule is COc1cc(CC(=O)O)cc(CF)c1OC. The summed E-state index contributed by atoms with van der Waals surface area (Å²) in [7, 11) is 2.83. The fourth-order valence-electron chi connectivity index (χ4n) is 1.48. The van der Waals surface area contributed by atoms with Crippen molar-refractivity contribution in [2.45, 2.75) is 13.1 Å². The highest BCUT2D eigenvalue weighted by atomic mass is 19.1. The summed E-state index contributed by atoms with van der Waals surface area (Å²) in [5.41, 5.74) is 0.774. The van der Waals surface area contributed by atoms with E-state index in [0.717, 1.165) is 0 Å². The zero-order valence-corrected chi connectivity index (χ0v) is 9.12. The van der Waals surface area contributed by atoms with E-state index in [4.69, 9.17) is 14.6 Å². The summed E-state index contributed by atoms with van der Waals surface area (Å²) >= 11 is 0. The third-order valence-corrected chi connectivity index (χ3v) is 2.11. The highest BCUT2D eigenvalue weighted by molar-refractivity contribution is 5.71. The van der Waals surface area contributed by atoms with E-state index in [1.165, 1.54) is 26.4 Å². The van der Waals surface area contributed by atoms with E-state index in [1.807, 2.05) is 0 Å². The molecule has 0 spiro atoms. The Bertz CT molecular complexity index is 365. The highest BCUT2D eigenvalue weighted by Crippen LogP contribution is 2.33. The monoisotopic (exact) mass is 228 g/mol. The number of hydrogen-bond acceptors (Lipinski definition) is 3. The minimum Gasteiger partial charge on any atom is -0.493 e. The van der Waals surface area contributed by atoms with Crippen molar-refractivity contribution in [2.24, 2.45) is 0 Å². The summed E-state index contributed by atoms with van der Waals surface area (Å²) in [5, 5.41) is 8.65. The Morgan fingerprint density at radius 1 is 1.38 bits per heavy atom. The lowest BCUT2D eigenvalue weighted by Crippen LogP contribution is -2.03. The van der Waals surface area contributed by atoms with Gasteiger partial charge in [0.15, 0.2) is 11.5 Å². The van der Waals surface area contributed by atoms with Crippen LogP contribution in [0.1, 0.15) is 11.1 Å². The second-order valence-electron chi connectivity index (χ2n) is 3.19. The van der Waals surface area contributed by atoms with Gasteiger partial charge >= 0.3 is 5.97 Å². The van der Waals surface area contributed by atoms with Crippen LogP contribution in [0.15, 0.2) is 12.1 Å². The van der Waals surface area contributed by atoms with Gasteiger partial charge in [0.1, 0.15) is 6.67 Å². The molecule has 1 aromatic rings. The van der Waals surface area contributed by atoms with E-state index in [-0.39, 0.29) is 12.0 Å². The van der Waals surface area contributed by atoms with Crippen LogP contribution < -0.4 is 9.47 Å². The molecule has 0 radical (unpaired) electrons. The maximum atomic E-state index is 12.7. The molecule has 0 fully saturated rings. The van der Waals surface area contributed by atoms with Crippen molar-refractivity contribution in [3.63, 3.8) is 0 Å². The van der Waals surface area contributed by atoms with Crippen molar-refractivity contribution < 1.29 is 23.8 Å². The lowest BCUT2D eigenvalue weighted by Gasteiger charge is -2.12. The molecule has 0 amide bonds. The summed E-state index contributed by atoms with van der Waals surface area (Å²) in [4.78, 5) is 10.6. The van der Waals surface area contributed by atoms with Crippen molar-refractivity contribution in [3.05, 3.63) is 23.3 Å². The number of hydrogen-bond donors (Lipinski definition) is 1. The molecule has 0 saturated heterocycles. The number of halogens is 1. The predicted octanol–water partition coefficient (Wildman–Crippen LogP) is 1.80. The van der Waals surface area contributed by atoms with E-state index < -0.39 is 12.6 Å². The predicted molar refractivity (Wildman–Crippen MR) is 55.7 cm³/mol. The molecule has 0 bridgehead atoms. The van der Waals surface area contributed by atoms with Crippen LogP contribution >= 0.6 is 0 Å². The molecule has 0 atom stereocenters. The van der Waals surface area contributed by atoms with Crippen molar-refractivity contribution in [2.75, 3.05) is 14.2 Å². The summed E-state index contributed by atoms with van der Waals surface area (Å²) in [5.74, 6) is -0.329. The smallest absolute Gasteiger partial charge is 0.307 e. The quantitative estimate of drug-likeness (QED) is 0.834. The zero-order chi connectivity index (χ0) is 12.1. The molecule has 16 heavy (non-hydrogen) atoms. The molecule has 0 aliphatic rings. The highest BCUT2D eigenvalue weighted by Gasteiger charge is 2.13. The van der Waals surface area contributed by atoms with E-state index in [1.54, 1.807) is 0 Å². The molecule has 0 aliphatic carbocycles. The fourth-order valence-corrected chi connectivity index (χ4v) is 1.48. The minimum absolute atomic E-state index is 0.173. The summed E-state index contributed by atoms with van der Waals surface area (Å²) in [6.45, 7) is -0.729. The largest absolute Gasteiger partial charge is 0.493 e. The molecule has 0 aromatic heterocycles. The van der Waals surface area contributed by atoms with Crippen molar-refractivity contribution in [1.82, 2.24) is 0 Å². The molecule has 4 nitrogen and oxygen atoms in total. The van der Waals surface area contributed by atoms with Gasteiger partial charge in [-0.3, -0.25) is 4.79 Å². The third kappa shape index (κ3) is 2.62. The number of carbonyl (C=O) groups is 1. The van der Waals surface area contributed by atoms with Gasteiger partial charge < -0.3 is 14.6 Å². The Morgan fingerprint density at radius 2 is 2.06 bits per heavy atom. The Kier molecular flexibility index (Phi) is 4.10. The van der Waals surface area contributed by atoms with Gasteiger partial charge in [-0.2, -0.15) is 0 Å². The lowest BCUT2D eigenvalue weighted by molar-refractivity contribution is -0.136. The molecule has 1 rings (SSSR count). The molecule has 1 aromatic carbocycles. The van der Waals surface area contributed by atoms with Crippen LogP contribution in [0.3, 0.4) is 0 Å². The van der Waals surface area contributed by atoms with Crippen LogP contribution in [0, 0.1) is 0 Å². The normalized spacial score (nSPS) is 9.94. The van der Waals surface area contributed by atoms with Crippen molar-refractivity contribution >= 4 is 5.97 Å². The lowest BCUT2D eigenvalue weighted by atomic mass is 10.1. The molecular weight excluding hydrogens is 215 g/mol. The van der Waals surface area contributed by atoms with Crippen LogP contribution in [0.25, 0.3) is 0 Å². The number of carboxylic acid groups (broad SMARTS) is 1. The number of aliphatic carboxylic acids is 1.